The zero-order valence-corrected chi connectivity index (χ0v) is 6.54. The molecule has 1 heterocycles. The predicted octanol–water partition coefficient (Wildman–Crippen LogP) is -0.00740. The van der Waals surface area contributed by atoms with Gasteiger partial charge < -0.3 is 16.6 Å². The summed E-state index contributed by atoms with van der Waals surface area (Å²) in [6.45, 7) is 0. The molecule has 0 radical (unpaired) electrons. The van der Waals surface area contributed by atoms with Crippen LogP contribution in [-0.2, 0) is 0 Å². The summed E-state index contributed by atoms with van der Waals surface area (Å²) in [6.07, 6.45) is 0. The molecular formula is C5H5ClN4O2. The van der Waals surface area contributed by atoms with Crippen LogP contribution in [-0.4, -0.2) is 21.0 Å². The summed E-state index contributed by atoms with van der Waals surface area (Å²) in [4.78, 5) is 17.3. The number of carboxylic acid groups (broad SMARTS) is 1. The van der Waals surface area contributed by atoms with Gasteiger partial charge in [-0.25, -0.2) is 9.78 Å². The summed E-state index contributed by atoms with van der Waals surface area (Å²) in [5.41, 5.74) is 9.99. The first-order valence-corrected chi connectivity index (χ1v) is 3.22. The molecule has 0 aromatic carbocycles. The zero-order chi connectivity index (χ0) is 9.30. The van der Waals surface area contributed by atoms with E-state index in [0.29, 0.717) is 0 Å². The smallest absolute Gasteiger partial charge is 0.356 e. The number of halogens is 1. The highest BCUT2D eigenvalue weighted by molar-refractivity contribution is 6.35. The van der Waals surface area contributed by atoms with Crippen LogP contribution < -0.4 is 11.5 Å². The summed E-state index contributed by atoms with van der Waals surface area (Å²) in [5, 5.41) is 8.33. The lowest BCUT2D eigenvalue weighted by Crippen LogP contribution is -2.08. The third kappa shape index (κ3) is 1.37. The molecule has 0 amide bonds. The Bertz CT molecular complexity index is 340. The first kappa shape index (κ1) is 8.54. The van der Waals surface area contributed by atoms with E-state index in [2.05, 4.69) is 9.97 Å². The van der Waals surface area contributed by atoms with E-state index in [1.807, 2.05) is 0 Å². The largest absolute Gasteiger partial charge is 0.476 e. The van der Waals surface area contributed by atoms with Crippen molar-refractivity contribution in [2.24, 2.45) is 0 Å². The molecule has 6 nitrogen and oxygen atoms in total. The van der Waals surface area contributed by atoms with Crippen molar-refractivity contribution >= 4 is 29.3 Å². The number of hydrogen-bond acceptors (Lipinski definition) is 5. The zero-order valence-electron chi connectivity index (χ0n) is 5.78. The molecule has 0 saturated carbocycles. The van der Waals surface area contributed by atoms with Gasteiger partial charge in [0, 0.05) is 0 Å². The van der Waals surface area contributed by atoms with Crippen molar-refractivity contribution < 1.29 is 9.90 Å². The Hall–Kier alpha value is -1.56. The van der Waals surface area contributed by atoms with Gasteiger partial charge in [0.1, 0.15) is 10.8 Å². The first-order chi connectivity index (χ1) is 5.52. The number of aromatic carboxylic acids is 1. The molecule has 0 atom stereocenters. The van der Waals surface area contributed by atoms with Crippen LogP contribution in [0.4, 0.5) is 11.8 Å². The molecule has 0 bridgehead atoms. The fourth-order valence-corrected chi connectivity index (χ4v) is 0.789. The molecule has 0 spiro atoms. The third-order valence-corrected chi connectivity index (χ3v) is 1.47. The van der Waals surface area contributed by atoms with Gasteiger partial charge in [-0.2, -0.15) is 4.98 Å². The Morgan fingerprint density at radius 3 is 2.50 bits per heavy atom. The maximum absolute atomic E-state index is 10.4. The van der Waals surface area contributed by atoms with Crippen molar-refractivity contribution in [3.05, 3.63) is 10.7 Å². The Morgan fingerprint density at radius 1 is 1.42 bits per heavy atom. The van der Waals surface area contributed by atoms with Crippen LogP contribution in [0.5, 0.6) is 0 Å². The number of nitrogens with two attached hydrogens (primary N) is 2. The lowest BCUT2D eigenvalue weighted by Gasteiger charge is -2.01. The molecule has 0 aliphatic heterocycles. The molecule has 0 unspecified atom stereocenters. The number of hydrogen-bond donors (Lipinski definition) is 3. The van der Waals surface area contributed by atoms with Gasteiger partial charge in [0.25, 0.3) is 0 Å². The molecule has 0 fully saturated rings. The van der Waals surface area contributed by atoms with E-state index in [1.165, 1.54) is 0 Å². The molecule has 12 heavy (non-hydrogen) atoms. The molecular weight excluding hydrogens is 184 g/mol. The predicted molar refractivity (Wildman–Crippen MR) is 42.8 cm³/mol. The summed E-state index contributed by atoms with van der Waals surface area (Å²) in [6, 6.07) is 0. The molecule has 1 rings (SSSR count). The number of rotatable bonds is 1. The molecule has 64 valence electrons. The number of nitrogens with zero attached hydrogens (tertiary/aromatic N) is 2. The molecule has 5 N–H and O–H groups in total. The topological polar surface area (TPSA) is 115 Å². The van der Waals surface area contributed by atoms with E-state index in [0.717, 1.165) is 0 Å². The lowest BCUT2D eigenvalue weighted by atomic mass is 10.4. The van der Waals surface area contributed by atoms with Crippen LogP contribution in [0.1, 0.15) is 10.5 Å². The highest BCUT2D eigenvalue weighted by Crippen LogP contribution is 2.20. The molecule has 1 aromatic rings. The standard InChI is InChI=1S/C5H5ClN4O2/c6-1-2(4(11)12)9-5(8)10-3(1)7/h(H,11,12)(H4,7,8,9,10). The second kappa shape index (κ2) is 2.82. The van der Waals surface area contributed by atoms with Gasteiger partial charge >= 0.3 is 5.97 Å². The minimum absolute atomic E-state index is 0.137. The van der Waals surface area contributed by atoms with Crippen molar-refractivity contribution in [1.29, 1.82) is 0 Å². The molecule has 1 aromatic heterocycles. The first-order valence-electron chi connectivity index (χ1n) is 2.84. The molecule has 0 aliphatic rings. The van der Waals surface area contributed by atoms with Crippen molar-refractivity contribution in [2.75, 3.05) is 11.5 Å². The second-order valence-electron chi connectivity index (χ2n) is 1.93. The Balaban J connectivity index is 3.37. The maximum Gasteiger partial charge on any atom is 0.356 e. The number of carbonyl (C=O) groups is 1. The van der Waals surface area contributed by atoms with Gasteiger partial charge in [-0.15, -0.1) is 0 Å². The fraction of sp³-hybridized carbons (Fsp3) is 0. The minimum Gasteiger partial charge on any atom is -0.476 e. The SMILES string of the molecule is Nc1nc(N)c(Cl)c(C(=O)O)n1. The molecule has 0 aliphatic carbocycles. The van der Waals surface area contributed by atoms with Gasteiger partial charge in [-0.05, 0) is 0 Å². The average Bonchev–Trinajstić information content (AvgIpc) is 1.96. The maximum atomic E-state index is 10.4. The normalized spacial score (nSPS) is 9.75. The quantitative estimate of drug-likeness (QED) is 0.571. The van der Waals surface area contributed by atoms with Gasteiger partial charge in [0.15, 0.2) is 5.69 Å². The molecule has 0 saturated heterocycles. The second-order valence-corrected chi connectivity index (χ2v) is 2.31. The van der Waals surface area contributed by atoms with Gasteiger partial charge in [0.05, 0.1) is 0 Å². The van der Waals surface area contributed by atoms with Gasteiger partial charge in [-0.1, -0.05) is 11.6 Å². The van der Waals surface area contributed by atoms with Crippen LogP contribution >= 0.6 is 11.6 Å². The van der Waals surface area contributed by atoms with Crippen LogP contribution in [0.2, 0.25) is 5.02 Å². The Morgan fingerprint density at radius 2 is 2.00 bits per heavy atom. The van der Waals surface area contributed by atoms with Gasteiger partial charge in [0.2, 0.25) is 5.95 Å². The van der Waals surface area contributed by atoms with E-state index in [9.17, 15) is 4.79 Å². The summed E-state index contributed by atoms with van der Waals surface area (Å²) in [7, 11) is 0. The van der Waals surface area contributed by atoms with E-state index >= 15 is 0 Å². The molecule has 7 heteroatoms. The number of nitrogen functional groups attached to an aromatic ring is 2. The summed E-state index contributed by atoms with van der Waals surface area (Å²) in [5.74, 6) is -1.64. The van der Waals surface area contributed by atoms with Crippen molar-refractivity contribution in [1.82, 2.24) is 9.97 Å². The summed E-state index contributed by atoms with van der Waals surface area (Å²) >= 11 is 5.47. The fourth-order valence-electron chi connectivity index (χ4n) is 0.624. The van der Waals surface area contributed by atoms with Crippen LogP contribution in [0.15, 0.2) is 0 Å². The Kier molecular flexibility index (Phi) is 2.01. The average molecular weight is 189 g/mol. The highest BCUT2D eigenvalue weighted by atomic mass is 35.5. The monoisotopic (exact) mass is 188 g/mol. The minimum atomic E-state index is -1.29. The summed E-state index contributed by atoms with van der Waals surface area (Å²) < 4.78 is 0. The van der Waals surface area contributed by atoms with Crippen LogP contribution in [0.3, 0.4) is 0 Å². The number of carboxylic acids is 1. The van der Waals surface area contributed by atoms with Crippen LogP contribution in [0, 0.1) is 0 Å². The lowest BCUT2D eigenvalue weighted by molar-refractivity contribution is 0.0690. The number of aromatic nitrogens is 2. The van der Waals surface area contributed by atoms with E-state index in [1.54, 1.807) is 0 Å². The van der Waals surface area contributed by atoms with E-state index in [-0.39, 0.29) is 22.5 Å². The van der Waals surface area contributed by atoms with Crippen molar-refractivity contribution in [3.8, 4) is 0 Å². The van der Waals surface area contributed by atoms with E-state index in [4.69, 9.17) is 28.2 Å². The van der Waals surface area contributed by atoms with Gasteiger partial charge in [-0.3, -0.25) is 0 Å². The highest BCUT2D eigenvalue weighted by Gasteiger charge is 2.14. The van der Waals surface area contributed by atoms with Crippen molar-refractivity contribution in [3.63, 3.8) is 0 Å². The number of anilines is 2. The van der Waals surface area contributed by atoms with E-state index < -0.39 is 5.97 Å². The Labute approximate surface area is 72.2 Å². The van der Waals surface area contributed by atoms with Crippen LogP contribution in [0.25, 0.3) is 0 Å². The third-order valence-electron chi connectivity index (χ3n) is 1.10. The van der Waals surface area contributed by atoms with Crippen molar-refractivity contribution in [2.45, 2.75) is 0 Å².